The lowest BCUT2D eigenvalue weighted by Gasteiger charge is -2.19. The van der Waals surface area contributed by atoms with Gasteiger partial charge in [-0.3, -0.25) is 0 Å². The van der Waals surface area contributed by atoms with Crippen molar-refractivity contribution in [1.29, 1.82) is 0 Å². The molecule has 6 rings (SSSR count). The van der Waals surface area contributed by atoms with Gasteiger partial charge in [0.05, 0.1) is 10.8 Å². The zero-order chi connectivity index (χ0) is 14.6. The van der Waals surface area contributed by atoms with Crippen LogP contribution in [0.2, 0.25) is 0 Å². The van der Waals surface area contributed by atoms with Gasteiger partial charge in [-0.2, -0.15) is 0 Å². The smallest absolute Gasteiger partial charge is 0.344 e. The molecule has 0 aliphatic heterocycles. The van der Waals surface area contributed by atoms with E-state index in [1.165, 1.54) is 0 Å². The minimum absolute atomic E-state index is 0.307. The van der Waals surface area contributed by atoms with Crippen LogP contribution in [-0.4, -0.2) is 0 Å². The minimum Gasteiger partial charge on any atom is -0.427 e. The Morgan fingerprint density at radius 1 is 0.636 bits per heavy atom. The fourth-order valence-electron chi connectivity index (χ4n) is 5.73. The minimum atomic E-state index is -0.307. The summed E-state index contributed by atoms with van der Waals surface area (Å²) in [6.07, 6.45) is 6.41. The first-order valence-corrected chi connectivity index (χ1v) is 8.40. The highest BCUT2D eigenvalue weighted by Crippen LogP contribution is 2.57. The van der Waals surface area contributed by atoms with Gasteiger partial charge in [0, 0.05) is 23.0 Å². The molecule has 0 unspecified atom stereocenters. The van der Waals surface area contributed by atoms with Crippen molar-refractivity contribution in [3.8, 4) is 0 Å². The maximum atomic E-state index is 12.7. The normalized spacial score (nSPS) is 33.6. The molecule has 4 heteroatoms. The molecule has 4 aliphatic rings. The summed E-state index contributed by atoms with van der Waals surface area (Å²) in [5.74, 6) is 2.99. The zero-order valence-electron chi connectivity index (χ0n) is 12.2. The highest BCUT2D eigenvalue weighted by atomic mass is 16.4. The Kier molecular flexibility index (Phi) is 1.89. The summed E-state index contributed by atoms with van der Waals surface area (Å²) >= 11 is 0. The Hall–Kier alpha value is -1.84. The first-order chi connectivity index (χ1) is 10.7. The van der Waals surface area contributed by atoms with Crippen molar-refractivity contribution < 1.29 is 8.83 Å². The van der Waals surface area contributed by atoms with E-state index in [2.05, 4.69) is 0 Å². The van der Waals surface area contributed by atoms with Crippen LogP contribution in [0.4, 0.5) is 0 Å². The van der Waals surface area contributed by atoms with Crippen LogP contribution in [0.25, 0.3) is 10.8 Å². The molecule has 0 amide bonds. The number of hydrogen-bond donors (Lipinski definition) is 0. The second-order valence-electron chi connectivity index (χ2n) is 7.50. The van der Waals surface area contributed by atoms with Gasteiger partial charge in [-0.05, 0) is 50.4 Å². The molecule has 4 aliphatic carbocycles. The van der Waals surface area contributed by atoms with E-state index < -0.39 is 0 Å². The number of rotatable bonds is 0. The Morgan fingerprint density at radius 2 is 1.05 bits per heavy atom. The van der Waals surface area contributed by atoms with Gasteiger partial charge in [0.1, 0.15) is 11.5 Å². The van der Waals surface area contributed by atoms with Crippen LogP contribution in [0.5, 0.6) is 0 Å². The molecule has 2 aromatic heterocycles. The lowest BCUT2D eigenvalue weighted by molar-refractivity contribution is 0.417. The highest BCUT2D eigenvalue weighted by molar-refractivity contribution is 5.89. The van der Waals surface area contributed by atoms with E-state index in [4.69, 9.17) is 8.83 Å². The average molecular weight is 296 g/mol. The fraction of sp³-hybridized carbons (Fsp3) is 0.556. The molecule has 4 nitrogen and oxygen atoms in total. The second-order valence-corrected chi connectivity index (χ2v) is 7.50. The topological polar surface area (TPSA) is 60.4 Å². The Morgan fingerprint density at radius 3 is 1.50 bits per heavy atom. The van der Waals surface area contributed by atoms with Gasteiger partial charge in [0.2, 0.25) is 0 Å². The number of fused-ring (bicyclic) bond motifs is 13. The van der Waals surface area contributed by atoms with E-state index in [-0.39, 0.29) is 11.3 Å². The van der Waals surface area contributed by atoms with Gasteiger partial charge >= 0.3 is 11.3 Å². The molecule has 22 heavy (non-hydrogen) atoms. The van der Waals surface area contributed by atoms with E-state index in [0.717, 1.165) is 61.2 Å². The number of hydrogen-bond acceptors (Lipinski definition) is 4. The van der Waals surface area contributed by atoms with Crippen molar-refractivity contribution in [2.75, 3.05) is 0 Å². The van der Waals surface area contributed by atoms with Crippen molar-refractivity contribution in [2.24, 2.45) is 0 Å². The first kappa shape index (κ1) is 11.7. The van der Waals surface area contributed by atoms with Gasteiger partial charge in [-0.15, -0.1) is 0 Å². The van der Waals surface area contributed by atoms with E-state index in [1.54, 1.807) is 0 Å². The van der Waals surface area contributed by atoms with Gasteiger partial charge in [-0.1, -0.05) is 0 Å². The molecule has 0 spiro atoms. The molecule has 4 bridgehead atoms. The molecular formula is C18H16O4. The third-order valence-corrected chi connectivity index (χ3v) is 6.56. The molecule has 0 radical (unpaired) electrons. The summed E-state index contributed by atoms with van der Waals surface area (Å²) in [6, 6.07) is 0. The summed E-state index contributed by atoms with van der Waals surface area (Å²) in [4.78, 5) is 25.3. The van der Waals surface area contributed by atoms with Crippen LogP contribution in [-0.2, 0) is 0 Å². The van der Waals surface area contributed by atoms with E-state index in [0.29, 0.717) is 34.4 Å². The molecule has 2 saturated carbocycles. The molecular weight excluding hydrogens is 280 g/mol. The highest BCUT2D eigenvalue weighted by Gasteiger charge is 2.46. The van der Waals surface area contributed by atoms with Gasteiger partial charge in [0.15, 0.2) is 0 Å². The van der Waals surface area contributed by atoms with Gasteiger partial charge in [-0.25, -0.2) is 9.59 Å². The van der Waals surface area contributed by atoms with Gasteiger partial charge in [0.25, 0.3) is 0 Å². The quantitative estimate of drug-likeness (QED) is 0.746. The van der Waals surface area contributed by atoms with Crippen LogP contribution < -0.4 is 11.3 Å². The van der Waals surface area contributed by atoms with Crippen LogP contribution in [0.3, 0.4) is 0 Å². The lowest BCUT2D eigenvalue weighted by atomic mass is 9.89. The predicted molar refractivity (Wildman–Crippen MR) is 79.7 cm³/mol. The van der Waals surface area contributed by atoms with Crippen molar-refractivity contribution in [3.05, 3.63) is 43.5 Å². The van der Waals surface area contributed by atoms with E-state index >= 15 is 0 Å². The fourth-order valence-corrected chi connectivity index (χ4v) is 5.73. The summed E-state index contributed by atoms with van der Waals surface area (Å²) in [7, 11) is 0. The van der Waals surface area contributed by atoms with Crippen LogP contribution >= 0.6 is 0 Å². The van der Waals surface area contributed by atoms with Gasteiger partial charge < -0.3 is 8.83 Å². The van der Waals surface area contributed by atoms with Crippen molar-refractivity contribution >= 4 is 10.8 Å². The molecule has 2 aromatic rings. The molecule has 4 atom stereocenters. The first-order valence-electron chi connectivity index (χ1n) is 8.40. The molecule has 2 heterocycles. The molecule has 0 N–H and O–H groups in total. The summed E-state index contributed by atoms with van der Waals surface area (Å²) < 4.78 is 11.4. The SMILES string of the molecule is O=c1oc2c(c3c(=O)oc4c(c13)[C@@H]1CC[C@@H]4C1)[C@H]1CC[C@H]2C1. The van der Waals surface area contributed by atoms with Crippen molar-refractivity contribution in [2.45, 2.75) is 62.2 Å². The lowest BCUT2D eigenvalue weighted by Crippen LogP contribution is -2.18. The maximum Gasteiger partial charge on any atom is 0.344 e. The Labute approximate surface area is 126 Å². The summed E-state index contributed by atoms with van der Waals surface area (Å²) in [5, 5.41) is 1.12. The third kappa shape index (κ3) is 1.15. The zero-order valence-corrected chi connectivity index (χ0v) is 12.2. The molecule has 2 fully saturated rings. The molecule has 112 valence electrons. The molecule has 0 aromatic carbocycles. The second kappa shape index (κ2) is 3.55. The van der Waals surface area contributed by atoms with Crippen LogP contribution in [0, 0.1) is 0 Å². The van der Waals surface area contributed by atoms with Crippen molar-refractivity contribution in [1.82, 2.24) is 0 Å². The average Bonchev–Trinajstić information content (AvgIpc) is 3.27. The third-order valence-electron chi connectivity index (χ3n) is 6.56. The largest absolute Gasteiger partial charge is 0.427 e. The maximum absolute atomic E-state index is 12.7. The Balaban J connectivity index is 1.83. The summed E-state index contributed by atoms with van der Waals surface area (Å²) in [5.41, 5.74) is 1.39. The van der Waals surface area contributed by atoms with Crippen LogP contribution in [0.15, 0.2) is 18.4 Å². The standard InChI is InChI=1S/C18H16O4/c19-17-13-11-7-1-3-9(5-7)15(11)21-18(20)14(13)12-8-2-4-10(6-8)16(12)22-17/h7-10H,1-6H2/t7-,8+,9-,10+. The van der Waals surface area contributed by atoms with E-state index in [9.17, 15) is 9.59 Å². The van der Waals surface area contributed by atoms with E-state index in [1.807, 2.05) is 0 Å². The monoisotopic (exact) mass is 296 g/mol. The molecule has 0 saturated heterocycles. The predicted octanol–water partition coefficient (Wildman–Crippen LogP) is 3.48. The van der Waals surface area contributed by atoms with Crippen molar-refractivity contribution in [3.63, 3.8) is 0 Å². The summed E-state index contributed by atoms with van der Waals surface area (Å²) in [6.45, 7) is 0. The Bertz CT molecular complexity index is 884. The van der Waals surface area contributed by atoms with Crippen LogP contribution in [0.1, 0.15) is 84.8 Å².